The fraction of sp³-hybridized carbons (Fsp3) is 0.625. The van der Waals surface area contributed by atoms with Crippen molar-refractivity contribution in [2.45, 2.75) is 38.3 Å². The van der Waals surface area contributed by atoms with Gasteiger partial charge in [-0.2, -0.15) is 11.8 Å². The number of hydrogen-bond acceptors (Lipinski definition) is 4. The molecule has 2 rings (SSSR count). The van der Waals surface area contributed by atoms with Crippen LogP contribution in [0.2, 0.25) is 0 Å². The zero-order chi connectivity index (χ0) is 14.2. The van der Waals surface area contributed by atoms with Crippen molar-refractivity contribution in [2.24, 2.45) is 0 Å². The Bertz CT molecular complexity index is 377. The molecule has 112 valence electrons. The molecule has 3 nitrogen and oxygen atoms in total. The first kappa shape index (κ1) is 15.7. The first-order chi connectivity index (χ1) is 9.78. The van der Waals surface area contributed by atoms with Gasteiger partial charge in [0.15, 0.2) is 0 Å². The Morgan fingerprint density at radius 2 is 2.00 bits per heavy atom. The number of hydrogen-bond donors (Lipinski definition) is 2. The molecular weight excluding hydrogens is 270 g/mol. The molecule has 0 bridgehead atoms. The highest BCUT2D eigenvalue weighted by Gasteiger charge is 2.14. The van der Waals surface area contributed by atoms with E-state index in [-0.39, 0.29) is 0 Å². The summed E-state index contributed by atoms with van der Waals surface area (Å²) in [5, 5.41) is 13.4. The van der Waals surface area contributed by atoms with Crippen molar-refractivity contribution in [3.63, 3.8) is 0 Å². The van der Waals surface area contributed by atoms with Gasteiger partial charge in [0.25, 0.3) is 0 Å². The van der Waals surface area contributed by atoms with Gasteiger partial charge >= 0.3 is 0 Å². The quantitative estimate of drug-likeness (QED) is 0.811. The molecule has 1 aliphatic rings. The number of ether oxygens (including phenoxy) is 1. The van der Waals surface area contributed by atoms with Gasteiger partial charge in [-0.15, -0.1) is 0 Å². The summed E-state index contributed by atoms with van der Waals surface area (Å²) in [4.78, 5) is 0. The van der Waals surface area contributed by atoms with Crippen molar-refractivity contribution in [3.05, 3.63) is 29.8 Å². The molecule has 1 unspecified atom stereocenters. The van der Waals surface area contributed by atoms with Crippen LogP contribution < -0.4 is 10.1 Å². The number of aryl methyl sites for hydroxylation is 1. The molecule has 1 aromatic rings. The number of rotatable bonds is 7. The van der Waals surface area contributed by atoms with Crippen molar-refractivity contribution in [1.82, 2.24) is 5.32 Å². The lowest BCUT2D eigenvalue weighted by Crippen LogP contribution is -2.39. The summed E-state index contributed by atoms with van der Waals surface area (Å²) < 4.78 is 5.61. The summed E-state index contributed by atoms with van der Waals surface area (Å²) in [7, 11) is 0. The lowest BCUT2D eigenvalue weighted by Gasteiger charge is -2.24. The van der Waals surface area contributed by atoms with E-state index < -0.39 is 6.10 Å². The monoisotopic (exact) mass is 295 g/mol. The Kier molecular flexibility index (Phi) is 6.70. The lowest BCUT2D eigenvalue weighted by atomic mass is 10.1. The van der Waals surface area contributed by atoms with Gasteiger partial charge in [-0.1, -0.05) is 19.1 Å². The summed E-state index contributed by atoms with van der Waals surface area (Å²) >= 11 is 2.02. The minimum absolute atomic E-state index is 0.347. The van der Waals surface area contributed by atoms with Gasteiger partial charge in [0.1, 0.15) is 18.5 Å². The van der Waals surface area contributed by atoms with Crippen LogP contribution in [0.3, 0.4) is 0 Å². The van der Waals surface area contributed by atoms with Crippen LogP contribution in [0.25, 0.3) is 0 Å². The fourth-order valence-corrected chi connectivity index (χ4v) is 3.38. The molecule has 1 heterocycles. The van der Waals surface area contributed by atoms with Crippen LogP contribution in [0.15, 0.2) is 24.3 Å². The van der Waals surface area contributed by atoms with Gasteiger partial charge in [0.2, 0.25) is 0 Å². The Morgan fingerprint density at radius 1 is 1.30 bits per heavy atom. The van der Waals surface area contributed by atoms with Crippen LogP contribution in [0.4, 0.5) is 0 Å². The van der Waals surface area contributed by atoms with Gasteiger partial charge in [-0.25, -0.2) is 0 Å². The third kappa shape index (κ3) is 5.35. The first-order valence-electron chi connectivity index (χ1n) is 7.49. The summed E-state index contributed by atoms with van der Waals surface area (Å²) in [6, 6.07) is 8.64. The second kappa shape index (κ2) is 8.55. The summed E-state index contributed by atoms with van der Waals surface area (Å²) in [6.07, 6.45) is 3.00. The van der Waals surface area contributed by atoms with Gasteiger partial charge in [-0.05, 0) is 48.5 Å². The van der Waals surface area contributed by atoms with E-state index in [1.807, 2.05) is 23.9 Å². The topological polar surface area (TPSA) is 41.5 Å². The van der Waals surface area contributed by atoms with E-state index in [0.717, 1.165) is 12.2 Å². The van der Waals surface area contributed by atoms with E-state index in [1.165, 1.54) is 29.9 Å². The number of nitrogens with one attached hydrogen (secondary N) is 1. The van der Waals surface area contributed by atoms with E-state index in [2.05, 4.69) is 24.4 Å². The van der Waals surface area contributed by atoms with Crippen LogP contribution in [0.1, 0.15) is 25.3 Å². The van der Waals surface area contributed by atoms with E-state index in [9.17, 15) is 5.11 Å². The van der Waals surface area contributed by atoms with Crippen LogP contribution in [-0.2, 0) is 6.42 Å². The minimum Gasteiger partial charge on any atom is -0.491 e. The molecule has 1 aliphatic heterocycles. The van der Waals surface area contributed by atoms with Crippen LogP contribution >= 0.6 is 11.8 Å². The fourth-order valence-electron chi connectivity index (χ4n) is 2.28. The maximum absolute atomic E-state index is 9.95. The lowest BCUT2D eigenvalue weighted by molar-refractivity contribution is 0.103. The van der Waals surface area contributed by atoms with Crippen molar-refractivity contribution in [1.29, 1.82) is 0 Å². The molecule has 1 aromatic carbocycles. The minimum atomic E-state index is -0.449. The Balaban J connectivity index is 1.64. The van der Waals surface area contributed by atoms with Crippen molar-refractivity contribution in [3.8, 4) is 5.75 Å². The number of aliphatic hydroxyl groups is 1. The molecule has 2 N–H and O–H groups in total. The van der Waals surface area contributed by atoms with E-state index in [1.54, 1.807) is 0 Å². The van der Waals surface area contributed by atoms with Gasteiger partial charge in [0, 0.05) is 12.6 Å². The zero-order valence-corrected chi connectivity index (χ0v) is 13.0. The van der Waals surface area contributed by atoms with E-state index >= 15 is 0 Å². The highest BCUT2D eigenvalue weighted by Crippen LogP contribution is 2.17. The smallest absolute Gasteiger partial charge is 0.119 e. The maximum atomic E-state index is 9.95. The molecule has 20 heavy (non-hydrogen) atoms. The molecule has 0 amide bonds. The largest absolute Gasteiger partial charge is 0.491 e. The zero-order valence-electron chi connectivity index (χ0n) is 12.2. The Hall–Kier alpha value is -0.710. The highest BCUT2D eigenvalue weighted by atomic mass is 32.2. The number of aliphatic hydroxyl groups excluding tert-OH is 1. The molecular formula is C16H25NO2S. The summed E-state index contributed by atoms with van der Waals surface area (Å²) in [5.74, 6) is 3.29. The van der Waals surface area contributed by atoms with Crippen LogP contribution in [-0.4, -0.2) is 41.9 Å². The average molecular weight is 295 g/mol. The molecule has 0 aromatic heterocycles. The molecule has 4 heteroatoms. The molecule has 0 spiro atoms. The van der Waals surface area contributed by atoms with Crippen molar-refractivity contribution < 1.29 is 9.84 Å². The standard InChI is InChI=1S/C16H25NO2S/c1-2-13-3-5-16(6-4-13)19-12-15(18)11-17-14-7-9-20-10-8-14/h3-6,14-15,17-18H,2,7-12H2,1H3. The molecule has 1 saturated heterocycles. The van der Waals surface area contributed by atoms with Crippen molar-refractivity contribution in [2.75, 3.05) is 24.7 Å². The van der Waals surface area contributed by atoms with Crippen LogP contribution in [0.5, 0.6) is 5.75 Å². The molecule has 1 atom stereocenters. The normalized spacial score (nSPS) is 17.9. The predicted octanol–water partition coefficient (Wildman–Crippen LogP) is 2.47. The summed E-state index contributed by atoms with van der Waals surface area (Å²) in [5.41, 5.74) is 1.30. The van der Waals surface area contributed by atoms with Gasteiger partial charge in [0.05, 0.1) is 0 Å². The Labute approximate surface area is 126 Å². The van der Waals surface area contributed by atoms with Gasteiger partial charge in [-0.3, -0.25) is 0 Å². The van der Waals surface area contributed by atoms with Gasteiger partial charge < -0.3 is 15.2 Å². The second-order valence-corrected chi connectivity index (χ2v) is 6.48. The number of benzene rings is 1. The molecule has 0 radical (unpaired) electrons. The third-order valence-corrected chi connectivity index (χ3v) is 4.69. The first-order valence-corrected chi connectivity index (χ1v) is 8.64. The third-order valence-electron chi connectivity index (χ3n) is 3.64. The highest BCUT2D eigenvalue weighted by molar-refractivity contribution is 7.99. The summed E-state index contributed by atoms with van der Waals surface area (Å²) in [6.45, 7) is 3.09. The number of thioether (sulfide) groups is 1. The second-order valence-electron chi connectivity index (χ2n) is 5.26. The predicted molar refractivity (Wildman–Crippen MR) is 85.7 cm³/mol. The van der Waals surface area contributed by atoms with E-state index in [4.69, 9.17) is 4.74 Å². The van der Waals surface area contributed by atoms with Crippen LogP contribution in [0, 0.1) is 0 Å². The Morgan fingerprint density at radius 3 is 2.65 bits per heavy atom. The molecule has 0 aliphatic carbocycles. The molecule has 1 fully saturated rings. The van der Waals surface area contributed by atoms with E-state index in [0.29, 0.717) is 19.2 Å². The maximum Gasteiger partial charge on any atom is 0.119 e. The average Bonchev–Trinajstić information content (AvgIpc) is 2.52. The SMILES string of the molecule is CCc1ccc(OCC(O)CNC2CCSCC2)cc1. The molecule has 0 saturated carbocycles. The van der Waals surface area contributed by atoms with Crippen molar-refractivity contribution >= 4 is 11.8 Å².